The maximum absolute atomic E-state index is 11.4. The van der Waals surface area contributed by atoms with Crippen molar-refractivity contribution in [2.75, 3.05) is 0 Å². The third kappa shape index (κ3) is 1.85. The number of rotatable bonds is 1. The number of hydrogen-bond acceptors (Lipinski definition) is 3. The van der Waals surface area contributed by atoms with Gasteiger partial charge in [0.2, 0.25) is 6.29 Å². The summed E-state index contributed by atoms with van der Waals surface area (Å²) in [4.78, 5) is 11.4. The van der Waals surface area contributed by atoms with E-state index in [-0.39, 0.29) is 11.4 Å². The van der Waals surface area contributed by atoms with Gasteiger partial charge in [0.1, 0.15) is 0 Å². The molecule has 0 aromatic carbocycles. The lowest BCUT2D eigenvalue weighted by atomic mass is 9.96. The molecule has 0 aliphatic carbocycles. The lowest BCUT2D eigenvalue weighted by Gasteiger charge is -2.25. The minimum atomic E-state index is -0.738. The number of esters is 1. The van der Waals surface area contributed by atoms with E-state index in [1.807, 2.05) is 27.7 Å². The van der Waals surface area contributed by atoms with Crippen molar-refractivity contribution in [3.05, 3.63) is 0 Å². The summed E-state index contributed by atoms with van der Waals surface area (Å²) in [5.41, 5.74) is -0.888. The molecular formula is C10H18O3. The zero-order valence-corrected chi connectivity index (χ0v) is 9.01. The average Bonchev–Trinajstić information content (AvgIpc) is 2.29. The Bertz CT molecular complexity index is 217. The van der Waals surface area contributed by atoms with Crippen LogP contribution in [-0.2, 0) is 14.3 Å². The van der Waals surface area contributed by atoms with Crippen LogP contribution < -0.4 is 0 Å². The predicted molar refractivity (Wildman–Crippen MR) is 49.1 cm³/mol. The molecule has 1 aliphatic heterocycles. The quantitative estimate of drug-likeness (QED) is 0.588. The first-order valence-corrected chi connectivity index (χ1v) is 4.68. The number of carbonyl (C=O) groups excluding carboxylic acids is 1. The first kappa shape index (κ1) is 10.5. The second kappa shape index (κ2) is 2.98. The smallest absolute Gasteiger partial charge is 0.340 e. The van der Waals surface area contributed by atoms with Gasteiger partial charge in [-0.3, -0.25) is 0 Å². The number of cyclic esters (lactones) is 1. The molecule has 0 unspecified atom stereocenters. The highest BCUT2D eigenvalue weighted by Crippen LogP contribution is 2.35. The second-order valence-corrected chi connectivity index (χ2v) is 4.81. The fourth-order valence-corrected chi connectivity index (χ4v) is 1.11. The van der Waals surface area contributed by atoms with Gasteiger partial charge in [-0.25, -0.2) is 4.79 Å². The summed E-state index contributed by atoms with van der Waals surface area (Å²) in [7, 11) is 0. The van der Waals surface area contributed by atoms with Crippen LogP contribution >= 0.6 is 0 Å². The Balaban J connectivity index is 2.77. The molecule has 0 amide bonds. The molecule has 1 heterocycles. The highest BCUT2D eigenvalue weighted by molar-refractivity contribution is 5.80. The Morgan fingerprint density at radius 1 is 1.46 bits per heavy atom. The van der Waals surface area contributed by atoms with Crippen LogP contribution in [0.4, 0.5) is 0 Å². The van der Waals surface area contributed by atoms with E-state index in [0.717, 1.165) is 0 Å². The molecule has 0 saturated carbocycles. The van der Waals surface area contributed by atoms with Gasteiger partial charge < -0.3 is 9.47 Å². The fraction of sp³-hybridized carbons (Fsp3) is 0.900. The third-order valence-electron chi connectivity index (χ3n) is 2.39. The molecule has 3 nitrogen and oxygen atoms in total. The molecule has 0 radical (unpaired) electrons. The van der Waals surface area contributed by atoms with E-state index < -0.39 is 11.9 Å². The van der Waals surface area contributed by atoms with Crippen LogP contribution in [0.2, 0.25) is 0 Å². The molecule has 1 saturated heterocycles. The standard InChI is InChI=1S/C10H18O3/c1-6-10(5)7(11)12-8(13-10)9(2,3)4/h8H,6H2,1-5H3/t8-,10-/m0/s1. The fourth-order valence-electron chi connectivity index (χ4n) is 1.11. The Morgan fingerprint density at radius 2 is 2.00 bits per heavy atom. The van der Waals surface area contributed by atoms with Gasteiger partial charge in [0.15, 0.2) is 5.60 Å². The topological polar surface area (TPSA) is 35.5 Å². The van der Waals surface area contributed by atoms with E-state index in [4.69, 9.17) is 9.47 Å². The second-order valence-electron chi connectivity index (χ2n) is 4.81. The van der Waals surface area contributed by atoms with E-state index in [2.05, 4.69) is 0 Å². The molecule has 3 heteroatoms. The minimum absolute atomic E-state index is 0.150. The Labute approximate surface area is 79.4 Å². The van der Waals surface area contributed by atoms with Gasteiger partial charge in [0.25, 0.3) is 0 Å². The summed E-state index contributed by atoms with van der Waals surface area (Å²) in [6.45, 7) is 9.68. The minimum Gasteiger partial charge on any atom is -0.433 e. The zero-order valence-electron chi connectivity index (χ0n) is 9.01. The Hall–Kier alpha value is -0.570. The normalized spacial score (nSPS) is 34.8. The monoisotopic (exact) mass is 186 g/mol. The summed E-state index contributed by atoms with van der Waals surface area (Å²) in [5.74, 6) is -0.241. The maximum Gasteiger partial charge on any atom is 0.340 e. The largest absolute Gasteiger partial charge is 0.433 e. The number of ether oxygens (including phenoxy) is 2. The SMILES string of the molecule is CC[C@]1(C)O[C@@H](C(C)(C)C)OC1=O. The van der Waals surface area contributed by atoms with Crippen LogP contribution in [0.1, 0.15) is 41.0 Å². The van der Waals surface area contributed by atoms with Crippen LogP contribution in [0.15, 0.2) is 0 Å². The molecule has 0 N–H and O–H groups in total. The average molecular weight is 186 g/mol. The van der Waals surface area contributed by atoms with Crippen molar-refractivity contribution in [3.8, 4) is 0 Å². The Kier molecular flexibility index (Phi) is 2.41. The molecule has 2 atom stereocenters. The molecule has 76 valence electrons. The van der Waals surface area contributed by atoms with Crippen LogP contribution in [0.25, 0.3) is 0 Å². The predicted octanol–water partition coefficient (Wildman–Crippen LogP) is 2.10. The molecule has 1 aliphatic rings. The highest BCUT2D eigenvalue weighted by Gasteiger charge is 2.49. The van der Waals surface area contributed by atoms with Gasteiger partial charge in [-0.15, -0.1) is 0 Å². The first-order chi connectivity index (χ1) is 5.79. The molecule has 0 aromatic heterocycles. The molecule has 13 heavy (non-hydrogen) atoms. The van der Waals surface area contributed by atoms with Crippen molar-refractivity contribution >= 4 is 5.97 Å². The van der Waals surface area contributed by atoms with Crippen molar-refractivity contribution < 1.29 is 14.3 Å². The van der Waals surface area contributed by atoms with E-state index >= 15 is 0 Å². The van der Waals surface area contributed by atoms with Gasteiger partial charge in [0.05, 0.1) is 0 Å². The van der Waals surface area contributed by atoms with Crippen molar-refractivity contribution in [2.24, 2.45) is 5.41 Å². The molecule has 0 spiro atoms. The summed E-state index contributed by atoms with van der Waals surface area (Å²) in [5, 5.41) is 0. The Morgan fingerprint density at radius 3 is 2.23 bits per heavy atom. The number of hydrogen-bond donors (Lipinski definition) is 0. The van der Waals surface area contributed by atoms with Crippen molar-refractivity contribution in [2.45, 2.75) is 52.9 Å². The summed E-state index contributed by atoms with van der Waals surface area (Å²) < 4.78 is 10.8. The van der Waals surface area contributed by atoms with Crippen molar-refractivity contribution in [1.29, 1.82) is 0 Å². The lowest BCUT2D eigenvalue weighted by Crippen LogP contribution is -2.33. The molecule has 1 rings (SSSR count). The summed E-state index contributed by atoms with van der Waals surface area (Å²) >= 11 is 0. The van der Waals surface area contributed by atoms with Crippen LogP contribution in [-0.4, -0.2) is 17.9 Å². The van der Waals surface area contributed by atoms with Crippen molar-refractivity contribution in [3.63, 3.8) is 0 Å². The summed E-state index contributed by atoms with van der Waals surface area (Å²) in [6, 6.07) is 0. The molecule has 0 bridgehead atoms. The summed E-state index contributed by atoms with van der Waals surface area (Å²) in [6.07, 6.45) is 0.239. The van der Waals surface area contributed by atoms with E-state index in [1.165, 1.54) is 0 Å². The third-order valence-corrected chi connectivity index (χ3v) is 2.39. The maximum atomic E-state index is 11.4. The van der Waals surface area contributed by atoms with Gasteiger partial charge in [-0.1, -0.05) is 27.7 Å². The van der Waals surface area contributed by atoms with E-state index in [1.54, 1.807) is 6.92 Å². The highest BCUT2D eigenvalue weighted by atomic mass is 16.8. The van der Waals surface area contributed by atoms with Gasteiger partial charge in [-0.05, 0) is 13.3 Å². The van der Waals surface area contributed by atoms with Crippen LogP contribution in [0.3, 0.4) is 0 Å². The number of carbonyl (C=O) groups is 1. The van der Waals surface area contributed by atoms with Gasteiger partial charge >= 0.3 is 5.97 Å². The van der Waals surface area contributed by atoms with E-state index in [9.17, 15) is 4.79 Å². The molecule has 0 aromatic rings. The van der Waals surface area contributed by atoms with Gasteiger partial charge in [0, 0.05) is 5.41 Å². The van der Waals surface area contributed by atoms with Crippen LogP contribution in [0.5, 0.6) is 0 Å². The molecular weight excluding hydrogens is 168 g/mol. The lowest BCUT2D eigenvalue weighted by molar-refractivity contribution is -0.155. The van der Waals surface area contributed by atoms with Gasteiger partial charge in [-0.2, -0.15) is 0 Å². The first-order valence-electron chi connectivity index (χ1n) is 4.68. The van der Waals surface area contributed by atoms with Crippen molar-refractivity contribution in [1.82, 2.24) is 0 Å². The zero-order chi connectivity index (χ0) is 10.3. The van der Waals surface area contributed by atoms with Crippen LogP contribution in [0, 0.1) is 5.41 Å². The van der Waals surface area contributed by atoms with E-state index in [0.29, 0.717) is 6.42 Å². The molecule has 1 fully saturated rings.